The number of carbonyl (C=O) groups excluding carboxylic acids is 1. The Labute approximate surface area is 199 Å². The molecule has 9 heteroatoms. The summed E-state index contributed by atoms with van der Waals surface area (Å²) >= 11 is 1.93. The fourth-order valence-corrected chi connectivity index (χ4v) is 6.05. The van der Waals surface area contributed by atoms with E-state index >= 15 is 0 Å². The first-order valence-corrected chi connectivity index (χ1v) is 13.8. The smallest absolute Gasteiger partial charge is 0.238 e. The second kappa shape index (κ2) is 10.3. The molecule has 1 saturated carbocycles. The minimum Gasteiger partial charge on any atom is -0.328 e. The fourth-order valence-electron chi connectivity index (χ4n) is 4.26. The molecule has 33 heavy (non-hydrogen) atoms. The molecule has 2 aromatic carbocycles. The summed E-state index contributed by atoms with van der Waals surface area (Å²) in [4.78, 5) is 18.5. The largest absolute Gasteiger partial charge is 0.328 e. The third-order valence-electron chi connectivity index (χ3n) is 5.89. The molecule has 3 N–H and O–H groups in total. The Hall–Kier alpha value is -2.36. The highest BCUT2D eigenvalue weighted by molar-refractivity contribution is 8.00. The maximum atomic E-state index is 12.6. The maximum Gasteiger partial charge on any atom is 0.238 e. The van der Waals surface area contributed by atoms with Crippen molar-refractivity contribution in [3.05, 3.63) is 48.3 Å². The van der Waals surface area contributed by atoms with Crippen LogP contribution in [0, 0.1) is 0 Å². The Bertz CT molecular complexity index is 1230. The lowest BCUT2D eigenvalue weighted by molar-refractivity contribution is -0.116. The number of rotatable bonds is 9. The van der Waals surface area contributed by atoms with E-state index in [1.54, 1.807) is 6.07 Å². The minimum atomic E-state index is -3.80. The van der Waals surface area contributed by atoms with Crippen molar-refractivity contribution in [1.29, 1.82) is 0 Å². The quantitative estimate of drug-likeness (QED) is 0.456. The molecule has 3 aromatic rings. The molecule has 1 aliphatic carbocycles. The zero-order valence-corrected chi connectivity index (χ0v) is 20.4. The summed E-state index contributed by atoms with van der Waals surface area (Å²) in [6.45, 7) is 2.80. The molecule has 7 nitrogen and oxygen atoms in total. The van der Waals surface area contributed by atoms with Gasteiger partial charge in [-0.1, -0.05) is 19.8 Å². The molecule has 0 radical (unpaired) electrons. The van der Waals surface area contributed by atoms with Crippen LogP contribution in [-0.2, 0) is 27.8 Å². The normalized spacial score (nSPS) is 14.7. The van der Waals surface area contributed by atoms with Gasteiger partial charge in [-0.2, -0.15) is 0 Å². The molecule has 1 fully saturated rings. The first-order chi connectivity index (χ1) is 15.8. The first kappa shape index (κ1) is 23.8. The van der Waals surface area contributed by atoms with E-state index < -0.39 is 10.0 Å². The highest BCUT2D eigenvalue weighted by Gasteiger charge is 2.17. The maximum absolute atomic E-state index is 12.6. The van der Waals surface area contributed by atoms with Crippen molar-refractivity contribution in [1.82, 2.24) is 9.55 Å². The molecule has 0 unspecified atom stereocenters. The number of sulfonamides is 1. The number of fused-ring (bicyclic) bond motifs is 1. The molecule has 1 aromatic heterocycles. The summed E-state index contributed by atoms with van der Waals surface area (Å²) in [5.74, 6) is 0.684. The third kappa shape index (κ3) is 5.96. The number of nitrogens with one attached hydrogen (secondary N) is 1. The van der Waals surface area contributed by atoms with E-state index in [9.17, 15) is 13.2 Å². The van der Waals surface area contributed by atoms with Gasteiger partial charge in [0, 0.05) is 35.2 Å². The number of benzene rings is 2. The second-order valence-electron chi connectivity index (χ2n) is 8.47. The average Bonchev–Trinajstić information content (AvgIpc) is 3.41. The van der Waals surface area contributed by atoms with Crippen LogP contribution in [0.25, 0.3) is 11.0 Å². The van der Waals surface area contributed by atoms with Gasteiger partial charge in [-0.25, -0.2) is 18.5 Å². The Balaban J connectivity index is 1.40. The van der Waals surface area contributed by atoms with Crippen molar-refractivity contribution in [2.45, 2.75) is 73.5 Å². The van der Waals surface area contributed by atoms with Gasteiger partial charge in [0.2, 0.25) is 15.9 Å². The SMILES string of the molecule is CCCn1c(CCC(=O)Nc2ccc(SC3CCCC3)cc2)nc2cc(S(N)(=O)=O)ccc21. The van der Waals surface area contributed by atoms with Gasteiger partial charge in [-0.05, 0) is 61.7 Å². The van der Waals surface area contributed by atoms with Crippen molar-refractivity contribution in [2.75, 3.05) is 5.32 Å². The van der Waals surface area contributed by atoms with Gasteiger partial charge in [0.25, 0.3) is 0 Å². The second-order valence-corrected chi connectivity index (χ2v) is 11.4. The molecule has 0 atom stereocenters. The summed E-state index contributed by atoms with van der Waals surface area (Å²) in [5.41, 5.74) is 2.20. The van der Waals surface area contributed by atoms with Gasteiger partial charge in [0.15, 0.2) is 0 Å². The van der Waals surface area contributed by atoms with Crippen LogP contribution in [0.4, 0.5) is 5.69 Å². The van der Waals surface area contributed by atoms with E-state index in [0.717, 1.165) is 30.0 Å². The Morgan fingerprint density at radius 1 is 1.18 bits per heavy atom. The molecule has 0 bridgehead atoms. The van der Waals surface area contributed by atoms with Crippen molar-refractivity contribution in [2.24, 2.45) is 5.14 Å². The van der Waals surface area contributed by atoms with Crippen LogP contribution in [0.1, 0.15) is 51.3 Å². The van der Waals surface area contributed by atoms with Crippen LogP contribution < -0.4 is 10.5 Å². The predicted molar refractivity (Wildman–Crippen MR) is 133 cm³/mol. The predicted octanol–water partition coefficient (Wildman–Crippen LogP) is 4.70. The Morgan fingerprint density at radius 2 is 1.91 bits per heavy atom. The summed E-state index contributed by atoms with van der Waals surface area (Å²) in [7, 11) is -3.80. The number of carbonyl (C=O) groups is 1. The topological polar surface area (TPSA) is 107 Å². The molecule has 1 aliphatic rings. The molecule has 1 heterocycles. The number of thioether (sulfide) groups is 1. The number of nitrogens with two attached hydrogens (primary N) is 1. The molecule has 1 amide bonds. The number of aryl methyl sites for hydroxylation is 2. The third-order valence-corrected chi connectivity index (χ3v) is 8.15. The molecule has 0 aliphatic heterocycles. The van der Waals surface area contributed by atoms with Gasteiger partial charge in [-0.15, -0.1) is 11.8 Å². The Kier molecular flexibility index (Phi) is 7.41. The van der Waals surface area contributed by atoms with E-state index in [0.29, 0.717) is 17.2 Å². The molecular weight excluding hydrogens is 456 g/mol. The zero-order chi connectivity index (χ0) is 23.4. The van der Waals surface area contributed by atoms with E-state index in [4.69, 9.17) is 5.14 Å². The molecule has 176 valence electrons. The fraction of sp³-hybridized carbons (Fsp3) is 0.417. The summed E-state index contributed by atoms with van der Waals surface area (Å²) < 4.78 is 25.4. The van der Waals surface area contributed by atoms with Crippen LogP contribution in [0.2, 0.25) is 0 Å². The highest BCUT2D eigenvalue weighted by atomic mass is 32.2. The van der Waals surface area contributed by atoms with E-state index in [-0.39, 0.29) is 17.2 Å². The number of anilines is 1. The average molecular weight is 487 g/mol. The highest BCUT2D eigenvalue weighted by Crippen LogP contribution is 2.35. The molecule has 0 saturated heterocycles. The molecule has 4 rings (SSSR count). The van der Waals surface area contributed by atoms with Crippen molar-refractivity contribution in [3.8, 4) is 0 Å². The van der Waals surface area contributed by atoms with Gasteiger partial charge < -0.3 is 9.88 Å². The van der Waals surface area contributed by atoms with Crippen LogP contribution in [0.15, 0.2) is 52.3 Å². The van der Waals surface area contributed by atoms with Crippen molar-refractivity contribution in [3.63, 3.8) is 0 Å². The first-order valence-electron chi connectivity index (χ1n) is 11.4. The molecule has 0 spiro atoms. The number of amides is 1. The standard InChI is InChI=1S/C24H30N4O3S2/c1-2-15-28-22-12-11-20(33(25,30)31)16-21(22)27-23(28)13-14-24(29)26-17-7-9-19(10-8-17)32-18-5-3-4-6-18/h7-12,16,18H,2-6,13-15H2,1H3,(H,26,29)(H2,25,30,31). The van der Waals surface area contributed by atoms with Crippen LogP contribution >= 0.6 is 11.8 Å². The molecular formula is C24H30N4O3S2. The van der Waals surface area contributed by atoms with Crippen LogP contribution in [0.5, 0.6) is 0 Å². The van der Waals surface area contributed by atoms with E-state index in [1.807, 2.05) is 28.5 Å². The van der Waals surface area contributed by atoms with Crippen LogP contribution in [-0.4, -0.2) is 29.1 Å². The van der Waals surface area contributed by atoms with E-state index in [2.05, 4.69) is 29.4 Å². The van der Waals surface area contributed by atoms with Crippen LogP contribution in [0.3, 0.4) is 0 Å². The number of hydrogen-bond acceptors (Lipinski definition) is 5. The number of imidazole rings is 1. The number of hydrogen-bond donors (Lipinski definition) is 2. The van der Waals surface area contributed by atoms with Crippen molar-refractivity contribution >= 4 is 44.4 Å². The van der Waals surface area contributed by atoms with Crippen molar-refractivity contribution < 1.29 is 13.2 Å². The monoisotopic (exact) mass is 486 g/mol. The number of aromatic nitrogens is 2. The lowest BCUT2D eigenvalue weighted by Gasteiger charge is -2.10. The van der Waals surface area contributed by atoms with Gasteiger partial charge in [0.05, 0.1) is 15.9 Å². The summed E-state index contributed by atoms with van der Waals surface area (Å²) in [6, 6.07) is 12.8. The summed E-state index contributed by atoms with van der Waals surface area (Å²) in [6.07, 6.45) is 6.86. The van der Waals surface area contributed by atoms with Gasteiger partial charge in [-0.3, -0.25) is 4.79 Å². The zero-order valence-electron chi connectivity index (χ0n) is 18.8. The van der Waals surface area contributed by atoms with Gasteiger partial charge >= 0.3 is 0 Å². The lowest BCUT2D eigenvalue weighted by Crippen LogP contribution is -2.14. The van der Waals surface area contributed by atoms with E-state index in [1.165, 1.54) is 42.7 Å². The number of nitrogens with zero attached hydrogens (tertiary/aromatic N) is 2. The summed E-state index contributed by atoms with van der Waals surface area (Å²) in [5, 5.41) is 8.94. The Morgan fingerprint density at radius 3 is 2.58 bits per heavy atom. The lowest BCUT2D eigenvalue weighted by atomic mass is 10.2. The minimum absolute atomic E-state index is 0.0370. The van der Waals surface area contributed by atoms with Gasteiger partial charge in [0.1, 0.15) is 5.82 Å². The number of primary sulfonamides is 1.